The maximum atomic E-state index is 12.3. The van der Waals surface area contributed by atoms with Crippen LogP contribution in [-0.2, 0) is 5.88 Å². The van der Waals surface area contributed by atoms with Crippen LogP contribution in [-0.4, -0.2) is 24.2 Å². The number of anilines is 1. The summed E-state index contributed by atoms with van der Waals surface area (Å²) >= 11 is 11.5. The fourth-order valence-corrected chi connectivity index (χ4v) is 1.78. The molecule has 7 heteroatoms. The van der Waals surface area contributed by atoms with E-state index in [4.69, 9.17) is 23.2 Å². The molecule has 0 saturated carbocycles. The highest BCUT2D eigenvalue weighted by Crippen LogP contribution is 2.27. The van der Waals surface area contributed by atoms with Gasteiger partial charge in [-0.3, -0.25) is 0 Å². The van der Waals surface area contributed by atoms with Crippen LogP contribution in [0.2, 0.25) is 5.02 Å². The SMILES string of the molecule is CCN(CC(F)(F)F)c1ncc(CCl)cc1Cl. The quantitative estimate of drug-likeness (QED) is 0.782. The first-order chi connectivity index (χ1) is 7.87. The van der Waals surface area contributed by atoms with Crippen LogP contribution in [0.25, 0.3) is 0 Å². The molecule has 0 unspecified atom stereocenters. The minimum Gasteiger partial charge on any atom is -0.347 e. The van der Waals surface area contributed by atoms with Gasteiger partial charge in [-0.1, -0.05) is 11.6 Å². The third-order valence-corrected chi connectivity index (χ3v) is 2.67. The Morgan fingerprint density at radius 2 is 2.06 bits per heavy atom. The van der Waals surface area contributed by atoms with Crippen molar-refractivity contribution in [3.63, 3.8) is 0 Å². The summed E-state index contributed by atoms with van der Waals surface area (Å²) in [4.78, 5) is 4.98. The van der Waals surface area contributed by atoms with Crippen molar-refractivity contribution in [2.75, 3.05) is 18.0 Å². The Balaban J connectivity index is 2.96. The zero-order valence-corrected chi connectivity index (χ0v) is 10.6. The molecule has 0 aliphatic carbocycles. The van der Waals surface area contributed by atoms with Crippen LogP contribution in [0, 0.1) is 0 Å². The molecule has 0 spiro atoms. The second-order valence-corrected chi connectivity index (χ2v) is 4.09. The Hall–Kier alpha value is -0.680. The highest BCUT2D eigenvalue weighted by Gasteiger charge is 2.31. The van der Waals surface area contributed by atoms with Crippen molar-refractivity contribution in [1.29, 1.82) is 0 Å². The maximum Gasteiger partial charge on any atom is 0.405 e. The summed E-state index contributed by atoms with van der Waals surface area (Å²) in [5.74, 6) is 0.346. The first-order valence-corrected chi connectivity index (χ1v) is 5.80. The molecular weight excluding hydrogens is 276 g/mol. The molecule has 0 radical (unpaired) electrons. The van der Waals surface area contributed by atoms with Gasteiger partial charge in [0.25, 0.3) is 0 Å². The molecule has 0 aliphatic rings. The van der Waals surface area contributed by atoms with Gasteiger partial charge in [-0.15, -0.1) is 11.6 Å². The molecule has 1 rings (SSSR count). The lowest BCUT2D eigenvalue weighted by Crippen LogP contribution is -2.34. The van der Waals surface area contributed by atoms with Crippen LogP contribution >= 0.6 is 23.2 Å². The normalized spacial score (nSPS) is 11.6. The van der Waals surface area contributed by atoms with E-state index in [2.05, 4.69) is 4.98 Å². The average molecular weight is 287 g/mol. The predicted octanol–water partition coefficient (Wildman–Crippen LogP) is 3.86. The number of rotatable bonds is 4. The van der Waals surface area contributed by atoms with Gasteiger partial charge in [0.15, 0.2) is 0 Å². The van der Waals surface area contributed by atoms with Crippen molar-refractivity contribution in [3.05, 3.63) is 22.8 Å². The van der Waals surface area contributed by atoms with E-state index in [0.717, 1.165) is 4.90 Å². The molecule has 0 fully saturated rings. The Labute approximate surface area is 107 Å². The van der Waals surface area contributed by atoms with Crippen LogP contribution < -0.4 is 4.90 Å². The van der Waals surface area contributed by atoms with Crippen LogP contribution in [0.5, 0.6) is 0 Å². The molecule has 17 heavy (non-hydrogen) atoms. The Kier molecular flexibility index (Phi) is 4.89. The Morgan fingerprint density at radius 1 is 1.41 bits per heavy atom. The molecule has 0 N–H and O–H groups in total. The number of nitrogens with zero attached hydrogens (tertiary/aromatic N) is 2. The number of hydrogen-bond donors (Lipinski definition) is 0. The first kappa shape index (κ1) is 14.4. The minimum atomic E-state index is -4.29. The lowest BCUT2D eigenvalue weighted by Gasteiger charge is -2.24. The molecule has 2 nitrogen and oxygen atoms in total. The van der Waals surface area contributed by atoms with E-state index >= 15 is 0 Å². The Morgan fingerprint density at radius 3 is 2.47 bits per heavy atom. The standard InChI is InChI=1S/C10H11Cl2F3N2/c1-2-17(6-10(13,14)15)9-8(12)3-7(4-11)5-16-9/h3,5H,2,4,6H2,1H3. The fraction of sp³-hybridized carbons (Fsp3) is 0.500. The van der Waals surface area contributed by atoms with Gasteiger partial charge in [0.1, 0.15) is 12.4 Å². The highest BCUT2D eigenvalue weighted by atomic mass is 35.5. The molecule has 96 valence electrons. The van der Waals surface area contributed by atoms with Crippen LogP contribution in [0.4, 0.5) is 19.0 Å². The van der Waals surface area contributed by atoms with Gasteiger partial charge in [0.2, 0.25) is 0 Å². The van der Waals surface area contributed by atoms with E-state index in [1.165, 1.54) is 12.3 Å². The van der Waals surface area contributed by atoms with Crippen LogP contribution in [0.1, 0.15) is 12.5 Å². The number of pyridine rings is 1. The minimum absolute atomic E-state index is 0.125. The third kappa shape index (κ3) is 4.24. The summed E-state index contributed by atoms with van der Waals surface area (Å²) in [6, 6.07) is 1.52. The molecule has 1 heterocycles. The number of aromatic nitrogens is 1. The first-order valence-electron chi connectivity index (χ1n) is 4.89. The molecule has 0 bridgehead atoms. The number of alkyl halides is 4. The van der Waals surface area contributed by atoms with Gasteiger partial charge in [0.05, 0.1) is 5.02 Å². The van der Waals surface area contributed by atoms with Crippen molar-refractivity contribution in [2.24, 2.45) is 0 Å². The van der Waals surface area contributed by atoms with E-state index in [1.807, 2.05) is 0 Å². The van der Waals surface area contributed by atoms with Gasteiger partial charge < -0.3 is 4.90 Å². The lowest BCUT2D eigenvalue weighted by molar-refractivity contribution is -0.119. The monoisotopic (exact) mass is 286 g/mol. The van der Waals surface area contributed by atoms with Crippen molar-refractivity contribution in [1.82, 2.24) is 4.98 Å². The van der Waals surface area contributed by atoms with E-state index in [1.54, 1.807) is 6.92 Å². The molecule has 0 aliphatic heterocycles. The van der Waals surface area contributed by atoms with E-state index < -0.39 is 12.7 Å². The molecular formula is C10H11Cl2F3N2. The van der Waals surface area contributed by atoms with Gasteiger partial charge in [-0.2, -0.15) is 13.2 Å². The Bertz CT molecular complexity index is 382. The van der Waals surface area contributed by atoms with Crippen molar-refractivity contribution < 1.29 is 13.2 Å². The zero-order chi connectivity index (χ0) is 13.1. The predicted molar refractivity (Wildman–Crippen MR) is 62.7 cm³/mol. The van der Waals surface area contributed by atoms with Crippen molar-refractivity contribution >= 4 is 29.0 Å². The maximum absolute atomic E-state index is 12.3. The summed E-state index contributed by atoms with van der Waals surface area (Å²) in [6.45, 7) is 0.710. The van der Waals surface area contributed by atoms with Crippen LogP contribution in [0.3, 0.4) is 0 Å². The van der Waals surface area contributed by atoms with E-state index in [0.29, 0.717) is 5.56 Å². The summed E-state index contributed by atoms with van der Waals surface area (Å²) < 4.78 is 37.0. The molecule has 0 saturated heterocycles. The largest absolute Gasteiger partial charge is 0.405 e. The number of halogens is 5. The third-order valence-electron chi connectivity index (χ3n) is 2.08. The fourth-order valence-electron chi connectivity index (χ4n) is 1.33. The molecule has 1 aromatic rings. The topological polar surface area (TPSA) is 16.1 Å². The smallest absolute Gasteiger partial charge is 0.347 e. The van der Waals surface area contributed by atoms with Crippen molar-refractivity contribution in [3.8, 4) is 0 Å². The summed E-state index contributed by atoms with van der Waals surface area (Å²) in [5.41, 5.74) is 0.670. The van der Waals surface area contributed by atoms with E-state index in [-0.39, 0.29) is 23.3 Å². The van der Waals surface area contributed by atoms with Crippen LogP contribution in [0.15, 0.2) is 12.3 Å². The molecule has 0 atom stereocenters. The molecule has 0 amide bonds. The summed E-state index contributed by atoms with van der Waals surface area (Å²) in [5, 5.41) is 0.175. The summed E-state index contributed by atoms with van der Waals surface area (Å²) in [6.07, 6.45) is -2.86. The number of hydrogen-bond acceptors (Lipinski definition) is 2. The summed E-state index contributed by atoms with van der Waals surface area (Å²) in [7, 11) is 0. The molecule has 0 aromatic carbocycles. The van der Waals surface area contributed by atoms with E-state index in [9.17, 15) is 13.2 Å². The molecule has 1 aromatic heterocycles. The van der Waals surface area contributed by atoms with Crippen molar-refractivity contribution in [2.45, 2.75) is 19.0 Å². The second kappa shape index (κ2) is 5.78. The zero-order valence-electron chi connectivity index (χ0n) is 9.06. The lowest BCUT2D eigenvalue weighted by atomic mass is 10.3. The van der Waals surface area contributed by atoms with Gasteiger partial charge in [-0.25, -0.2) is 4.98 Å². The highest BCUT2D eigenvalue weighted by molar-refractivity contribution is 6.33. The van der Waals surface area contributed by atoms with Gasteiger partial charge >= 0.3 is 6.18 Å². The van der Waals surface area contributed by atoms with Gasteiger partial charge in [0, 0.05) is 18.6 Å². The second-order valence-electron chi connectivity index (χ2n) is 3.41. The van der Waals surface area contributed by atoms with Gasteiger partial charge in [-0.05, 0) is 18.6 Å². The average Bonchev–Trinajstić information content (AvgIpc) is 2.24.